The Balaban J connectivity index is 2.38. The van der Waals surface area contributed by atoms with Crippen LogP contribution in [-0.4, -0.2) is 66.1 Å². The van der Waals surface area contributed by atoms with E-state index in [2.05, 4.69) is 5.43 Å². The van der Waals surface area contributed by atoms with Crippen LogP contribution in [0.15, 0.2) is 0 Å². The lowest BCUT2D eigenvalue weighted by Crippen LogP contribution is -2.47. The predicted molar refractivity (Wildman–Crippen MR) is 70.8 cm³/mol. The van der Waals surface area contributed by atoms with Crippen molar-refractivity contribution in [3.63, 3.8) is 0 Å². The van der Waals surface area contributed by atoms with Crippen molar-refractivity contribution < 1.29 is 14.7 Å². The molecule has 4 N–H and O–H groups in total. The molecule has 0 aromatic rings. The molecule has 110 valence electrons. The van der Waals surface area contributed by atoms with Gasteiger partial charge in [-0.05, 0) is 19.4 Å². The summed E-state index contributed by atoms with van der Waals surface area (Å²) in [6, 6.07) is 0. The lowest BCUT2D eigenvalue weighted by molar-refractivity contribution is -0.136. The Morgan fingerprint density at radius 2 is 2.05 bits per heavy atom. The number of likely N-dealkylation sites (tertiary alicyclic amines) is 1. The number of hydrogen-bond acceptors (Lipinski definition) is 5. The summed E-state index contributed by atoms with van der Waals surface area (Å²) in [5.74, 6) is 4.92. The van der Waals surface area contributed by atoms with E-state index in [0.717, 1.165) is 6.54 Å². The maximum absolute atomic E-state index is 12.1. The number of aliphatic hydroxyl groups excluding tert-OH is 1. The van der Waals surface area contributed by atoms with Crippen molar-refractivity contribution in [1.82, 2.24) is 15.2 Å². The van der Waals surface area contributed by atoms with Crippen molar-refractivity contribution in [2.75, 3.05) is 39.3 Å². The molecule has 0 unspecified atom stereocenters. The number of hydrazine groups is 1. The number of aliphatic hydroxyl groups is 1. The number of rotatable bonds is 6. The minimum atomic E-state index is -0.150. The van der Waals surface area contributed by atoms with Gasteiger partial charge in [0.15, 0.2) is 0 Å². The minimum Gasteiger partial charge on any atom is -0.395 e. The first-order valence-corrected chi connectivity index (χ1v) is 6.73. The fourth-order valence-corrected chi connectivity index (χ4v) is 2.29. The average molecular weight is 272 g/mol. The first-order chi connectivity index (χ1) is 9.12. The predicted octanol–water partition coefficient (Wildman–Crippen LogP) is -1.47. The topological polar surface area (TPSA) is 98.9 Å². The highest BCUT2D eigenvalue weighted by atomic mass is 16.3. The number of hydrogen-bond donors (Lipinski definition) is 3. The van der Waals surface area contributed by atoms with Crippen LogP contribution in [0.25, 0.3) is 0 Å². The van der Waals surface area contributed by atoms with Crippen LogP contribution in [0.2, 0.25) is 0 Å². The summed E-state index contributed by atoms with van der Waals surface area (Å²) >= 11 is 0. The lowest BCUT2D eigenvalue weighted by atomic mass is 9.96. The highest BCUT2D eigenvalue weighted by Crippen LogP contribution is 2.17. The second-order valence-corrected chi connectivity index (χ2v) is 4.76. The fourth-order valence-electron chi connectivity index (χ4n) is 2.29. The van der Waals surface area contributed by atoms with Crippen LogP contribution in [0.1, 0.15) is 19.8 Å². The normalized spacial score (nSPS) is 16.7. The van der Waals surface area contributed by atoms with E-state index in [1.54, 1.807) is 4.90 Å². The molecular weight excluding hydrogens is 248 g/mol. The van der Waals surface area contributed by atoms with Crippen molar-refractivity contribution in [3.8, 4) is 0 Å². The molecule has 1 heterocycles. The summed E-state index contributed by atoms with van der Waals surface area (Å²) in [6.45, 7) is 4.76. The molecule has 1 aliphatic rings. The minimum absolute atomic E-state index is 0.0554. The van der Waals surface area contributed by atoms with Crippen molar-refractivity contribution in [2.45, 2.75) is 19.8 Å². The van der Waals surface area contributed by atoms with Crippen molar-refractivity contribution in [1.29, 1.82) is 0 Å². The average Bonchev–Trinajstić information content (AvgIpc) is 2.45. The molecule has 1 aliphatic heterocycles. The van der Waals surface area contributed by atoms with Gasteiger partial charge in [-0.2, -0.15) is 0 Å². The van der Waals surface area contributed by atoms with Crippen LogP contribution in [0.3, 0.4) is 0 Å². The Morgan fingerprint density at radius 1 is 1.42 bits per heavy atom. The number of piperidine rings is 1. The largest absolute Gasteiger partial charge is 0.395 e. The summed E-state index contributed by atoms with van der Waals surface area (Å²) < 4.78 is 0. The standard InChI is InChI=1S/C12H24N4O3/c1-2-15(7-8-17)9-11(18)16-5-3-10(4-6-16)12(19)14-13/h10,17H,2-9,13H2,1H3,(H,14,19). The van der Waals surface area contributed by atoms with Gasteiger partial charge in [0.2, 0.25) is 11.8 Å². The number of carbonyl (C=O) groups is 2. The molecule has 0 aliphatic carbocycles. The Labute approximate surface area is 113 Å². The van der Waals surface area contributed by atoms with Gasteiger partial charge in [0, 0.05) is 25.6 Å². The molecule has 0 radical (unpaired) electrons. The third-order valence-corrected chi connectivity index (χ3v) is 3.58. The van der Waals surface area contributed by atoms with Gasteiger partial charge in [0.25, 0.3) is 0 Å². The van der Waals surface area contributed by atoms with Crippen LogP contribution in [0, 0.1) is 5.92 Å². The maximum atomic E-state index is 12.1. The Bertz CT molecular complexity index is 303. The molecule has 1 saturated heterocycles. The van der Waals surface area contributed by atoms with Gasteiger partial charge in [-0.15, -0.1) is 0 Å². The molecule has 0 aromatic carbocycles. The third-order valence-electron chi connectivity index (χ3n) is 3.58. The summed E-state index contributed by atoms with van der Waals surface area (Å²) in [7, 11) is 0. The zero-order valence-electron chi connectivity index (χ0n) is 11.5. The zero-order chi connectivity index (χ0) is 14.3. The molecule has 7 heteroatoms. The second kappa shape index (κ2) is 8.08. The molecule has 2 amide bonds. The molecule has 19 heavy (non-hydrogen) atoms. The summed E-state index contributed by atoms with van der Waals surface area (Å²) in [4.78, 5) is 27.1. The van der Waals surface area contributed by atoms with E-state index in [9.17, 15) is 9.59 Å². The number of likely N-dealkylation sites (N-methyl/N-ethyl adjacent to an activating group) is 1. The van der Waals surface area contributed by atoms with E-state index in [1.165, 1.54) is 0 Å². The molecular formula is C12H24N4O3. The molecule has 0 saturated carbocycles. The number of nitrogens with two attached hydrogens (primary N) is 1. The van der Waals surface area contributed by atoms with Gasteiger partial charge < -0.3 is 10.0 Å². The zero-order valence-corrected chi connectivity index (χ0v) is 11.5. The van der Waals surface area contributed by atoms with Crippen LogP contribution < -0.4 is 11.3 Å². The Morgan fingerprint density at radius 3 is 2.53 bits per heavy atom. The molecule has 1 rings (SSSR count). The third kappa shape index (κ3) is 4.77. The summed E-state index contributed by atoms with van der Waals surface area (Å²) in [6.07, 6.45) is 1.31. The SMILES string of the molecule is CCN(CCO)CC(=O)N1CCC(C(=O)NN)CC1. The van der Waals surface area contributed by atoms with Crippen LogP contribution in [-0.2, 0) is 9.59 Å². The Kier molecular flexibility index (Phi) is 6.75. The van der Waals surface area contributed by atoms with Crippen LogP contribution >= 0.6 is 0 Å². The summed E-state index contributed by atoms with van der Waals surface area (Å²) in [5.41, 5.74) is 2.16. The number of amides is 2. The van der Waals surface area contributed by atoms with Gasteiger partial charge in [0.05, 0.1) is 13.2 Å². The first-order valence-electron chi connectivity index (χ1n) is 6.73. The number of carbonyl (C=O) groups excluding carboxylic acids is 2. The Hall–Kier alpha value is -1.18. The molecule has 0 aromatic heterocycles. The van der Waals surface area contributed by atoms with Crippen LogP contribution in [0.5, 0.6) is 0 Å². The highest BCUT2D eigenvalue weighted by Gasteiger charge is 2.27. The van der Waals surface area contributed by atoms with Gasteiger partial charge in [-0.1, -0.05) is 6.92 Å². The maximum Gasteiger partial charge on any atom is 0.237 e. The van der Waals surface area contributed by atoms with Crippen molar-refractivity contribution in [2.24, 2.45) is 11.8 Å². The molecule has 0 bridgehead atoms. The first kappa shape index (κ1) is 15.9. The highest BCUT2D eigenvalue weighted by molar-refractivity contribution is 5.80. The van der Waals surface area contributed by atoms with E-state index in [-0.39, 0.29) is 24.3 Å². The molecule has 0 spiro atoms. The summed E-state index contributed by atoms with van der Waals surface area (Å²) in [5, 5.41) is 8.89. The molecule has 7 nitrogen and oxygen atoms in total. The van der Waals surface area contributed by atoms with Gasteiger partial charge in [-0.25, -0.2) is 5.84 Å². The van der Waals surface area contributed by atoms with Crippen molar-refractivity contribution >= 4 is 11.8 Å². The van der Waals surface area contributed by atoms with Gasteiger partial charge >= 0.3 is 0 Å². The van der Waals surface area contributed by atoms with Crippen LogP contribution in [0.4, 0.5) is 0 Å². The lowest BCUT2D eigenvalue weighted by Gasteiger charge is -2.32. The molecule has 1 fully saturated rings. The van der Waals surface area contributed by atoms with E-state index in [1.807, 2.05) is 11.8 Å². The number of nitrogens with zero attached hydrogens (tertiary/aromatic N) is 2. The van der Waals surface area contributed by atoms with E-state index in [0.29, 0.717) is 39.0 Å². The van der Waals surface area contributed by atoms with Crippen molar-refractivity contribution in [3.05, 3.63) is 0 Å². The van der Waals surface area contributed by atoms with E-state index in [4.69, 9.17) is 10.9 Å². The molecule has 0 atom stereocenters. The second-order valence-electron chi connectivity index (χ2n) is 4.76. The van der Waals surface area contributed by atoms with Gasteiger partial charge in [-0.3, -0.25) is 19.9 Å². The smallest absolute Gasteiger partial charge is 0.237 e. The quantitative estimate of drug-likeness (QED) is 0.311. The van der Waals surface area contributed by atoms with E-state index < -0.39 is 0 Å². The fraction of sp³-hybridized carbons (Fsp3) is 0.833. The number of nitrogens with one attached hydrogen (secondary N) is 1. The monoisotopic (exact) mass is 272 g/mol. The van der Waals surface area contributed by atoms with Gasteiger partial charge in [0.1, 0.15) is 0 Å². The van der Waals surface area contributed by atoms with E-state index >= 15 is 0 Å².